The molecule has 38 heavy (non-hydrogen) atoms. The Morgan fingerprint density at radius 2 is 1.79 bits per heavy atom. The molecule has 2 aliphatic rings. The van der Waals surface area contributed by atoms with E-state index < -0.39 is 16.1 Å². The van der Waals surface area contributed by atoms with Gasteiger partial charge in [-0.15, -0.1) is 0 Å². The third-order valence-electron chi connectivity index (χ3n) is 7.42. The molecule has 0 aromatic heterocycles. The van der Waals surface area contributed by atoms with E-state index in [9.17, 15) is 13.2 Å². The molecule has 3 aromatic carbocycles. The number of aryl methyl sites for hydroxylation is 3. The second-order valence-corrected chi connectivity index (χ2v) is 11.9. The fourth-order valence-corrected chi connectivity index (χ4v) is 6.72. The topological polar surface area (TPSA) is 84.9 Å². The van der Waals surface area contributed by atoms with Crippen molar-refractivity contribution >= 4 is 21.6 Å². The van der Waals surface area contributed by atoms with Crippen LogP contribution in [-0.4, -0.2) is 34.1 Å². The summed E-state index contributed by atoms with van der Waals surface area (Å²) in [6.45, 7) is 3.80. The van der Waals surface area contributed by atoms with E-state index in [1.165, 1.54) is 47.5 Å². The van der Waals surface area contributed by atoms with Crippen molar-refractivity contribution in [3.63, 3.8) is 0 Å². The largest absolute Gasteiger partial charge is 0.497 e. The molecule has 200 valence electrons. The van der Waals surface area contributed by atoms with Gasteiger partial charge in [0.1, 0.15) is 11.5 Å². The van der Waals surface area contributed by atoms with E-state index in [4.69, 9.17) is 9.47 Å². The van der Waals surface area contributed by atoms with E-state index in [1.807, 2.05) is 19.9 Å². The number of ether oxygens (including phenoxy) is 2. The molecule has 0 radical (unpaired) electrons. The number of anilines is 1. The molecule has 1 N–H and O–H groups in total. The quantitative estimate of drug-likeness (QED) is 0.456. The summed E-state index contributed by atoms with van der Waals surface area (Å²) in [4.78, 5) is 13.6. The van der Waals surface area contributed by atoms with Gasteiger partial charge in [0.05, 0.1) is 30.3 Å². The second-order valence-electron chi connectivity index (χ2n) is 9.99. The summed E-state index contributed by atoms with van der Waals surface area (Å²) in [5.74, 6) is 0.587. The highest BCUT2D eigenvalue weighted by molar-refractivity contribution is 7.92. The first-order chi connectivity index (χ1) is 18.3. The first-order valence-electron chi connectivity index (χ1n) is 13.2. The molecule has 7 nitrogen and oxygen atoms in total. The van der Waals surface area contributed by atoms with Crippen LogP contribution in [0.1, 0.15) is 54.5 Å². The Bertz CT molecular complexity index is 1440. The summed E-state index contributed by atoms with van der Waals surface area (Å²) in [6, 6.07) is 17.9. The van der Waals surface area contributed by atoms with E-state index in [0.717, 1.165) is 24.0 Å². The molecule has 5 rings (SSSR count). The Kier molecular flexibility index (Phi) is 7.34. The van der Waals surface area contributed by atoms with Gasteiger partial charge in [-0.1, -0.05) is 31.2 Å². The van der Waals surface area contributed by atoms with Crippen LogP contribution in [0.2, 0.25) is 0 Å². The van der Waals surface area contributed by atoms with Crippen LogP contribution in [0.25, 0.3) is 0 Å². The zero-order valence-electron chi connectivity index (χ0n) is 22.1. The number of hydrogen-bond donors (Lipinski definition) is 1. The minimum atomic E-state index is -3.96. The van der Waals surface area contributed by atoms with Gasteiger partial charge in [-0.25, -0.2) is 8.42 Å². The molecule has 0 spiro atoms. The van der Waals surface area contributed by atoms with Crippen LogP contribution in [-0.2, 0) is 27.7 Å². The monoisotopic (exact) mass is 534 g/mol. The average Bonchev–Trinajstić information content (AvgIpc) is 2.94. The number of amides is 1. The van der Waals surface area contributed by atoms with Crippen LogP contribution in [0.15, 0.2) is 65.6 Å². The molecule has 1 amide bonds. The molecular formula is C30H34N2O5S. The van der Waals surface area contributed by atoms with Crippen LogP contribution in [0.5, 0.6) is 11.5 Å². The number of carbonyl (C=O) groups is 1. The third-order valence-corrected chi connectivity index (χ3v) is 9.22. The number of rotatable bonds is 7. The molecule has 0 unspecified atom stereocenters. The number of methoxy groups -OCH3 is 1. The number of benzene rings is 3. The molecule has 0 saturated carbocycles. The highest BCUT2D eigenvalue weighted by atomic mass is 32.2. The zero-order chi connectivity index (χ0) is 26.9. The van der Waals surface area contributed by atoms with E-state index in [2.05, 4.69) is 23.5 Å². The lowest BCUT2D eigenvalue weighted by molar-refractivity contribution is -0.128. The van der Waals surface area contributed by atoms with Gasteiger partial charge in [0.15, 0.2) is 6.10 Å². The maximum absolute atomic E-state index is 13.8. The van der Waals surface area contributed by atoms with E-state index >= 15 is 0 Å². The van der Waals surface area contributed by atoms with Crippen LogP contribution in [0.4, 0.5) is 5.69 Å². The lowest BCUT2D eigenvalue weighted by atomic mass is 9.88. The Hall–Kier alpha value is -3.52. The minimum Gasteiger partial charge on any atom is -0.497 e. The summed E-state index contributed by atoms with van der Waals surface area (Å²) in [5, 5.41) is 3.13. The van der Waals surface area contributed by atoms with Crippen LogP contribution in [0, 0.1) is 6.92 Å². The van der Waals surface area contributed by atoms with Crippen molar-refractivity contribution in [1.29, 1.82) is 0 Å². The average molecular weight is 535 g/mol. The Morgan fingerprint density at radius 3 is 2.50 bits per heavy atom. The van der Waals surface area contributed by atoms with E-state index in [1.54, 1.807) is 24.3 Å². The fourth-order valence-electron chi connectivity index (χ4n) is 5.26. The second kappa shape index (κ2) is 10.7. The molecule has 0 saturated heterocycles. The molecule has 2 atom stereocenters. The van der Waals surface area contributed by atoms with Crippen LogP contribution >= 0.6 is 0 Å². The van der Waals surface area contributed by atoms with Gasteiger partial charge in [-0.05, 0) is 97.7 Å². The SMILES string of the molecule is CC[C@@H](NC(=O)[C@@H]1CN(S(=O)(=O)c2ccc(OC)cc2)c2cc(C)ccc2O1)c1ccc2c(c1)CCCC2. The smallest absolute Gasteiger partial charge is 0.264 e. The van der Waals surface area contributed by atoms with Crippen molar-refractivity contribution in [3.05, 3.63) is 82.9 Å². The van der Waals surface area contributed by atoms with Crippen LogP contribution < -0.4 is 19.1 Å². The normalized spacial score (nSPS) is 17.6. The van der Waals surface area contributed by atoms with Gasteiger partial charge in [-0.3, -0.25) is 9.10 Å². The summed E-state index contributed by atoms with van der Waals surface area (Å²) in [6.07, 6.45) is 4.29. The highest BCUT2D eigenvalue weighted by Crippen LogP contribution is 2.38. The molecule has 0 bridgehead atoms. The van der Waals surface area contributed by atoms with Gasteiger partial charge in [0.25, 0.3) is 15.9 Å². The Morgan fingerprint density at radius 1 is 1.05 bits per heavy atom. The number of carbonyl (C=O) groups excluding carboxylic acids is 1. The van der Waals surface area contributed by atoms with Crippen molar-refractivity contribution in [2.45, 2.75) is 63.0 Å². The van der Waals surface area contributed by atoms with Gasteiger partial charge in [0, 0.05) is 0 Å². The molecule has 1 aliphatic heterocycles. The van der Waals surface area contributed by atoms with Crippen LogP contribution in [0.3, 0.4) is 0 Å². The van der Waals surface area contributed by atoms with Crippen molar-refractivity contribution in [2.24, 2.45) is 0 Å². The maximum atomic E-state index is 13.8. The lowest BCUT2D eigenvalue weighted by Crippen LogP contribution is -2.51. The minimum absolute atomic E-state index is 0.118. The fraction of sp³-hybridized carbons (Fsp3) is 0.367. The summed E-state index contributed by atoms with van der Waals surface area (Å²) >= 11 is 0. The van der Waals surface area contributed by atoms with Gasteiger partial charge < -0.3 is 14.8 Å². The van der Waals surface area contributed by atoms with Crippen molar-refractivity contribution in [1.82, 2.24) is 5.32 Å². The highest BCUT2D eigenvalue weighted by Gasteiger charge is 2.38. The first-order valence-corrected chi connectivity index (χ1v) is 14.6. The zero-order valence-corrected chi connectivity index (χ0v) is 22.9. The summed E-state index contributed by atoms with van der Waals surface area (Å²) in [7, 11) is -2.43. The number of hydrogen-bond acceptors (Lipinski definition) is 5. The van der Waals surface area contributed by atoms with Gasteiger partial charge in [0.2, 0.25) is 0 Å². The van der Waals surface area contributed by atoms with E-state index in [0.29, 0.717) is 23.6 Å². The first kappa shape index (κ1) is 26.1. The molecule has 3 aromatic rings. The Balaban J connectivity index is 1.42. The maximum Gasteiger partial charge on any atom is 0.264 e. The standard InChI is InChI=1S/C30H34N2O5S/c1-4-26(23-11-10-21-7-5-6-8-22(21)18-23)31-30(33)29-19-32(27-17-20(2)9-16-28(27)37-29)38(34,35)25-14-12-24(36-3)13-15-25/h9-18,26,29H,4-8,19H2,1-3H3,(H,31,33)/t26-,29+/m1/s1. The summed E-state index contributed by atoms with van der Waals surface area (Å²) in [5.41, 5.74) is 5.13. The Labute approximate surface area is 224 Å². The molecule has 8 heteroatoms. The van der Waals surface area contributed by atoms with Crippen molar-refractivity contribution in [2.75, 3.05) is 18.0 Å². The number of nitrogens with zero attached hydrogens (tertiary/aromatic N) is 1. The molecular weight excluding hydrogens is 500 g/mol. The predicted octanol–water partition coefficient (Wildman–Crippen LogP) is 5.11. The number of fused-ring (bicyclic) bond motifs is 2. The third kappa shape index (κ3) is 5.10. The molecule has 1 heterocycles. The van der Waals surface area contributed by atoms with Gasteiger partial charge in [-0.2, -0.15) is 0 Å². The molecule has 1 aliphatic carbocycles. The number of nitrogens with one attached hydrogen (secondary N) is 1. The van der Waals surface area contributed by atoms with E-state index in [-0.39, 0.29) is 23.4 Å². The van der Waals surface area contributed by atoms with Crippen molar-refractivity contribution in [3.8, 4) is 11.5 Å². The van der Waals surface area contributed by atoms with Crippen molar-refractivity contribution < 1.29 is 22.7 Å². The lowest BCUT2D eigenvalue weighted by Gasteiger charge is -2.35. The number of sulfonamides is 1. The van der Waals surface area contributed by atoms with Gasteiger partial charge >= 0.3 is 0 Å². The summed E-state index contributed by atoms with van der Waals surface area (Å²) < 4.78 is 40.1. The molecule has 0 fully saturated rings. The predicted molar refractivity (Wildman–Crippen MR) is 147 cm³/mol.